The Labute approximate surface area is 435 Å². The molecule has 1 fully saturated rings. The molecule has 0 bridgehead atoms. The number of hydrogen-bond acceptors (Lipinski definition) is 11. The van der Waals surface area contributed by atoms with Gasteiger partial charge in [0.1, 0.15) is 6.54 Å². The first-order valence-corrected chi connectivity index (χ1v) is 26.0. The van der Waals surface area contributed by atoms with Crippen molar-refractivity contribution in [1.29, 1.82) is 0 Å². The fourth-order valence-corrected chi connectivity index (χ4v) is 10.2. The Morgan fingerprint density at radius 2 is 1.36 bits per heavy atom. The first kappa shape index (κ1) is 57.6. The van der Waals surface area contributed by atoms with E-state index in [2.05, 4.69) is 53.9 Å². The second-order valence-corrected chi connectivity index (χ2v) is 21.4. The van der Waals surface area contributed by atoms with Gasteiger partial charge in [0, 0.05) is 95.5 Å². The number of benzene rings is 3. The maximum Gasteiger partial charge on any atom is 1.00 e. The largest absolute Gasteiger partial charge is 1.00 e. The summed E-state index contributed by atoms with van der Waals surface area (Å²) in [4.78, 5) is 54.4. The number of carbonyl (C=O) groups excluding carboxylic acids is 4. The molecule has 0 radical (unpaired) electrons. The predicted molar refractivity (Wildman–Crippen MR) is 268 cm³/mol. The number of fused-ring (bicyclic) bond motifs is 2. The third-order valence-electron chi connectivity index (χ3n) is 12.6. The Bertz CT molecular complexity index is 2830. The van der Waals surface area contributed by atoms with Crippen molar-refractivity contribution in [2.45, 2.75) is 91.4 Å². The molecule has 15 nitrogen and oxygen atoms in total. The Hall–Kier alpha value is -5.01. The van der Waals surface area contributed by atoms with Gasteiger partial charge in [0.2, 0.25) is 17.5 Å². The molecule has 3 aliphatic rings. The number of unbranched alkanes of at least 4 members (excludes halogenated alkanes) is 2. The van der Waals surface area contributed by atoms with Crippen LogP contribution in [-0.2, 0) is 40.7 Å². The van der Waals surface area contributed by atoms with Gasteiger partial charge in [0.15, 0.2) is 5.71 Å². The molecule has 6 rings (SSSR count). The van der Waals surface area contributed by atoms with Crippen LogP contribution in [0.1, 0.15) is 112 Å². The summed E-state index contributed by atoms with van der Waals surface area (Å²) in [6.45, 7) is 11.6. The summed E-state index contributed by atoms with van der Waals surface area (Å²) in [5, 5.41) is 5.76. The van der Waals surface area contributed by atoms with Gasteiger partial charge < -0.3 is 24.6 Å². The molecular formula is C52H64N5NaO10S2. The van der Waals surface area contributed by atoms with Crippen molar-refractivity contribution in [3.05, 3.63) is 137 Å². The van der Waals surface area contributed by atoms with E-state index >= 15 is 0 Å². The number of nitrogens with one attached hydrogen (secondary N) is 2. The molecule has 1 atom stereocenters. The number of para-hydroxylation sites is 1. The molecule has 0 aromatic heterocycles. The molecule has 370 valence electrons. The standard InChI is InChI=1S/C51H61N5O10S2.CH4.Na/c1-36-33-46(57)56(49(36)60)39-20-17-19-37(34-39)47(58)52-27-18-28-53-48(59)38-25-26-43-41(35-38)51(4,5)45(55(43)30-14-16-32-68(64,65)66)24-10-8-6-7-9-23-44-50(2,3)40-21-11-12-22-42(40)54(44)29-13-15-31-67(61,62)63;;/h6-12,17,19-26,34-36H,13-16,18,27-33H2,1-5H3,(H3-,52,53,58,59,61,62,63,64,65,66);1H4;/q;;+1/p-1. The van der Waals surface area contributed by atoms with Crippen molar-refractivity contribution in [2.75, 3.05) is 47.5 Å². The van der Waals surface area contributed by atoms with E-state index in [1.54, 1.807) is 31.2 Å². The molecular weight excluding hydrogens is 942 g/mol. The summed E-state index contributed by atoms with van der Waals surface area (Å²) >= 11 is 0. The second kappa shape index (κ2) is 24.4. The summed E-state index contributed by atoms with van der Waals surface area (Å²) in [6, 6.07) is 19.9. The van der Waals surface area contributed by atoms with Crippen LogP contribution in [0.2, 0.25) is 0 Å². The van der Waals surface area contributed by atoms with Crippen molar-refractivity contribution in [1.82, 2.24) is 10.6 Å². The van der Waals surface area contributed by atoms with Crippen molar-refractivity contribution in [2.24, 2.45) is 5.92 Å². The van der Waals surface area contributed by atoms with Gasteiger partial charge in [-0.05, 0) is 87.6 Å². The molecule has 4 amide bonds. The SMILES string of the molecule is C.CC1CC(=O)N(c2cccc(C(=O)NCCCNC(=O)c3ccc4c(c3)C(C)(C)C(=CC=CC=CC=CC3=[N+](CCCCS(=O)(=O)[O-])c5ccccc5C3(C)C)N4CCCCS(=O)(=O)[O-])c2)C1=O.[Na+]. The van der Waals surface area contributed by atoms with E-state index in [0.29, 0.717) is 49.2 Å². The number of nitrogens with zero attached hydrogens (tertiary/aromatic N) is 3. The molecule has 1 unspecified atom stereocenters. The van der Waals surface area contributed by atoms with Crippen LogP contribution in [0.3, 0.4) is 0 Å². The van der Waals surface area contributed by atoms with Crippen LogP contribution in [0.15, 0.2) is 115 Å². The minimum Gasteiger partial charge on any atom is -0.748 e. The maximum absolute atomic E-state index is 13.4. The van der Waals surface area contributed by atoms with E-state index in [0.717, 1.165) is 38.8 Å². The molecule has 3 heterocycles. The molecule has 3 aromatic rings. The number of amides is 4. The Balaban J connectivity index is 0.00000533. The van der Waals surface area contributed by atoms with Gasteiger partial charge in [0.25, 0.3) is 11.8 Å². The van der Waals surface area contributed by atoms with Crippen LogP contribution in [0.5, 0.6) is 0 Å². The van der Waals surface area contributed by atoms with E-state index in [4.69, 9.17) is 0 Å². The predicted octanol–water partition coefficient (Wildman–Crippen LogP) is 4.15. The number of rotatable bonds is 21. The number of allylic oxidation sites excluding steroid dienone is 8. The average Bonchev–Trinajstić information content (AvgIpc) is 3.75. The van der Waals surface area contributed by atoms with E-state index in [1.165, 1.54) is 6.07 Å². The maximum atomic E-state index is 13.4. The normalized spacial score (nSPS) is 17.9. The zero-order valence-corrected chi connectivity index (χ0v) is 43.8. The zero-order chi connectivity index (χ0) is 49.4. The minimum absolute atomic E-state index is 0. The summed E-state index contributed by atoms with van der Waals surface area (Å²) in [6.07, 6.45) is 15.7. The van der Waals surface area contributed by atoms with Crippen molar-refractivity contribution < 1.29 is 79.3 Å². The van der Waals surface area contributed by atoms with Gasteiger partial charge in [0.05, 0.1) is 31.3 Å². The summed E-state index contributed by atoms with van der Waals surface area (Å²) < 4.78 is 69.9. The van der Waals surface area contributed by atoms with Gasteiger partial charge in [-0.1, -0.05) is 82.8 Å². The van der Waals surface area contributed by atoms with Gasteiger partial charge in [-0.25, -0.2) is 16.8 Å². The summed E-state index contributed by atoms with van der Waals surface area (Å²) in [7, 11) is -8.64. The molecule has 0 spiro atoms. The first-order valence-electron chi connectivity index (χ1n) is 22.9. The van der Waals surface area contributed by atoms with Crippen LogP contribution < -0.4 is 50.0 Å². The topological polar surface area (TPSA) is 216 Å². The van der Waals surface area contributed by atoms with Gasteiger partial charge in [-0.15, -0.1) is 0 Å². The fourth-order valence-electron chi connectivity index (χ4n) is 9.06. The summed E-state index contributed by atoms with van der Waals surface area (Å²) in [5.41, 5.74) is 6.17. The van der Waals surface area contributed by atoms with Gasteiger partial charge in [-0.3, -0.25) is 24.1 Å². The van der Waals surface area contributed by atoms with E-state index in [9.17, 15) is 45.1 Å². The molecule has 70 heavy (non-hydrogen) atoms. The van der Waals surface area contributed by atoms with E-state index < -0.39 is 43.1 Å². The molecule has 3 aromatic carbocycles. The van der Waals surface area contributed by atoms with E-state index in [1.807, 2.05) is 72.9 Å². The zero-order valence-electron chi connectivity index (χ0n) is 40.2. The summed E-state index contributed by atoms with van der Waals surface area (Å²) in [5.74, 6) is -2.52. The first-order chi connectivity index (χ1) is 32.1. The van der Waals surface area contributed by atoms with E-state index in [-0.39, 0.29) is 98.4 Å². The number of carbonyl (C=O) groups is 4. The minimum atomic E-state index is -4.36. The quantitative estimate of drug-likeness (QED) is 0.0386. The second-order valence-electron chi connectivity index (χ2n) is 18.4. The van der Waals surface area contributed by atoms with Crippen molar-refractivity contribution >= 4 is 66.6 Å². The molecule has 2 N–H and O–H groups in total. The molecule has 1 saturated heterocycles. The third kappa shape index (κ3) is 14.1. The Kier molecular flexibility index (Phi) is 20.1. The van der Waals surface area contributed by atoms with Crippen molar-refractivity contribution in [3.8, 4) is 0 Å². The number of hydrogen-bond donors (Lipinski definition) is 2. The number of anilines is 2. The average molecular weight is 1010 g/mol. The van der Waals surface area contributed by atoms with Crippen LogP contribution in [-0.4, -0.2) is 97.5 Å². The molecule has 0 saturated carbocycles. The van der Waals surface area contributed by atoms with Crippen LogP contribution in [0.25, 0.3) is 0 Å². The van der Waals surface area contributed by atoms with Gasteiger partial charge in [-0.2, -0.15) is 4.58 Å². The Morgan fingerprint density at radius 3 is 2.00 bits per heavy atom. The third-order valence-corrected chi connectivity index (χ3v) is 14.2. The Morgan fingerprint density at radius 1 is 0.743 bits per heavy atom. The van der Waals surface area contributed by atoms with Crippen LogP contribution >= 0.6 is 0 Å². The fraction of sp³-hybridized carbons (Fsp3) is 0.404. The smallest absolute Gasteiger partial charge is 0.748 e. The van der Waals surface area contributed by atoms with Crippen LogP contribution in [0, 0.1) is 5.92 Å². The molecule has 18 heteroatoms. The molecule has 3 aliphatic heterocycles. The van der Waals surface area contributed by atoms with Gasteiger partial charge >= 0.3 is 29.6 Å². The monoisotopic (exact) mass is 1010 g/mol. The van der Waals surface area contributed by atoms with Crippen LogP contribution in [0.4, 0.5) is 17.1 Å². The van der Waals surface area contributed by atoms with Crippen molar-refractivity contribution in [3.63, 3.8) is 0 Å². The molecule has 0 aliphatic carbocycles. The number of imide groups is 1.